The van der Waals surface area contributed by atoms with Crippen molar-refractivity contribution in [3.05, 3.63) is 53.6 Å². The second kappa shape index (κ2) is 8.55. The minimum Gasteiger partial charge on any atom is -0.493 e. The molecule has 0 spiro atoms. The maximum absolute atomic E-state index is 12.6. The lowest BCUT2D eigenvalue weighted by Crippen LogP contribution is -2.40. The fourth-order valence-corrected chi connectivity index (χ4v) is 2.91. The van der Waals surface area contributed by atoms with Gasteiger partial charge in [-0.2, -0.15) is 0 Å². The van der Waals surface area contributed by atoms with Gasteiger partial charge < -0.3 is 24.4 Å². The number of hydrogen-bond donors (Lipinski definition) is 1. The third-order valence-corrected chi connectivity index (χ3v) is 4.34. The third kappa shape index (κ3) is 4.20. The zero-order valence-corrected chi connectivity index (χ0v) is 15.4. The van der Waals surface area contributed by atoms with Crippen LogP contribution < -0.4 is 14.8 Å². The molecule has 0 radical (unpaired) electrons. The highest BCUT2D eigenvalue weighted by atomic mass is 16.5. The first-order valence-corrected chi connectivity index (χ1v) is 8.63. The second-order valence-electron chi connectivity index (χ2n) is 5.98. The number of anilines is 1. The van der Waals surface area contributed by atoms with Gasteiger partial charge in [0.05, 0.1) is 33.0 Å². The van der Waals surface area contributed by atoms with Crippen LogP contribution in [-0.4, -0.2) is 57.2 Å². The average molecular weight is 370 g/mol. The molecular weight excluding hydrogens is 348 g/mol. The number of benzene rings is 2. The zero-order valence-electron chi connectivity index (χ0n) is 15.4. The molecule has 2 amide bonds. The fraction of sp³-hybridized carbons (Fsp3) is 0.300. The van der Waals surface area contributed by atoms with Crippen LogP contribution in [0.5, 0.6) is 11.5 Å². The van der Waals surface area contributed by atoms with Gasteiger partial charge in [-0.05, 0) is 36.4 Å². The fourth-order valence-electron chi connectivity index (χ4n) is 2.91. The van der Waals surface area contributed by atoms with E-state index in [0.717, 1.165) is 0 Å². The molecule has 27 heavy (non-hydrogen) atoms. The van der Waals surface area contributed by atoms with Crippen molar-refractivity contribution < 1.29 is 23.8 Å². The van der Waals surface area contributed by atoms with Gasteiger partial charge in [0, 0.05) is 24.3 Å². The summed E-state index contributed by atoms with van der Waals surface area (Å²) in [5.41, 5.74) is 1.53. The Kier molecular flexibility index (Phi) is 5.93. The van der Waals surface area contributed by atoms with E-state index in [1.807, 2.05) is 0 Å². The van der Waals surface area contributed by atoms with Crippen LogP contribution in [0, 0.1) is 0 Å². The summed E-state index contributed by atoms with van der Waals surface area (Å²) in [6.45, 7) is 2.30. The molecule has 0 bridgehead atoms. The minimum absolute atomic E-state index is 0.0364. The number of para-hydroxylation sites is 1. The molecule has 3 rings (SSSR count). The van der Waals surface area contributed by atoms with Gasteiger partial charge in [-0.1, -0.05) is 6.07 Å². The highest BCUT2D eigenvalue weighted by Gasteiger charge is 2.19. The van der Waals surface area contributed by atoms with Gasteiger partial charge in [-0.3, -0.25) is 9.59 Å². The van der Waals surface area contributed by atoms with E-state index in [1.54, 1.807) is 47.4 Å². The van der Waals surface area contributed by atoms with E-state index in [0.29, 0.717) is 54.6 Å². The van der Waals surface area contributed by atoms with E-state index >= 15 is 0 Å². The van der Waals surface area contributed by atoms with Crippen LogP contribution in [-0.2, 0) is 4.74 Å². The Bertz CT molecular complexity index is 814. The van der Waals surface area contributed by atoms with Gasteiger partial charge in [0.15, 0.2) is 11.5 Å². The SMILES string of the molecule is COc1cccc(C(=O)Nc2ccc(C(=O)N3CCOCC3)cc2)c1OC. The Balaban J connectivity index is 1.71. The Labute approximate surface area is 157 Å². The number of methoxy groups -OCH3 is 2. The predicted molar refractivity (Wildman–Crippen MR) is 101 cm³/mol. The molecule has 2 aromatic rings. The Morgan fingerprint density at radius 1 is 1.00 bits per heavy atom. The standard InChI is InChI=1S/C20H22N2O5/c1-25-17-5-3-4-16(18(17)26-2)19(23)21-15-8-6-14(7-9-15)20(24)22-10-12-27-13-11-22/h3-9H,10-13H2,1-2H3,(H,21,23). The molecular formula is C20H22N2O5. The average Bonchev–Trinajstić information content (AvgIpc) is 2.73. The first kappa shape index (κ1) is 18.7. The molecule has 142 valence electrons. The summed E-state index contributed by atoms with van der Waals surface area (Å²) in [6.07, 6.45) is 0. The van der Waals surface area contributed by atoms with E-state index < -0.39 is 0 Å². The molecule has 7 heteroatoms. The lowest BCUT2D eigenvalue weighted by Gasteiger charge is -2.26. The van der Waals surface area contributed by atoms with Crippen LogP contribution >= 0.6 is 0 Å². The normalized spacial score (nSPS) is 13.8. The molecule has 2 aromatic carbocycles. The van der Waals surface area contributed by atoms with Crippen molar-refractivity contribution in [2.45, 2.75) is 0 Å². The highest BCUT2D eigenvalue weighted by molar-refractivity contribution is 6.07. The molecule has 1 heterocycles. The molecule has 1 aliphatic heterocycles. The molecule has 1 saturated heterocycles. The summed E-state index contributed by atoms with van der Waals surface area (Å²) in [7, 11) is 3.00. The van der Waals surface area contributed by atoms with Crippen molar-refractivity contribution in [3.8, 4) is 11.5 Å². The van der Waals surface area contributed by atoms with Gasteiger partial charge in [-0.25, -0.2) is 0 Å². The number of amides is 2. The third-order valence-electron chi connectivity index (χ3n) is 4.34. The number of carbonyl (C=O) groups is 2. The van der Waals surface area contributed by atoms with Crippen molar-refractivity contribution in [2.24, 2.45) is 0 Å². The maximum atomic E-state index is 12.6. The molecule has 1 aliphatic rings. The highest BCUT2D eigenvalue weighted by Crippen LogP contribution is 2.31. The second-order valence-corrected chi connectivity index (χ2v) is 5.98. The zero-order chi connectivity index (χ0) is 19.2. The molecule has 0 atom stereocenters. The quantitative estimate of drug-likeness (QED) is 0.875. The monoisotopic (exact) mass is 370 g/mol. The van der Waals surface area contributed by atoms with Gasteiger partial charge in [-0.15, -0.1) is 0 Å². The van der Waals surface area contributed by atoms with Crippen molar-refractivity contribution >= 4 is 17.5 Å². The summed E-state index contributed by atoms with van der Waals surface area (Å²) >= 11 is 0. The first-order valence-electron chi connectivity index (χ1n) is 8.63. The molecule has 1 fully saturated rings. The van der Waals surface area contributed by atoms with Gasteiger partial charge in [0.25, 0.3) is 11.8 Å². The molecule has 0 aromatic heterocycles. The van der Waals surface area contributed by atoms with Crippen LogP contribution in [0.1, 0.15) is 20.7 Å². The lowest BCUT2D eigenvalue weighted by molar-refractivity contribution is 0.0303. The molecule has 0 unspecified atom stereocenters. The minimum atomic E-state index is -0.321. The first-order chi connectivity index (χ1) is 13.1. The van der Waals surface area contributed by atoms with E-state index in [-0.39, 0.29) is 11.8 Å². The summed E-state index contributed by atoms with van der Waals surface area (Å²) in [4.78, 5) is 26.8. The Morgan fingerprint density at radius 2 is 1.70 bits per heavy atom. The van der Waals surface area contributed by atoms with Crippen LogP contribution in [0.25, 0.3) is 0 Å². The summed E-state index contributed by atoms with van der Waals surface area (Å²) in [5.74, 6) is 0.497. The van der Waals surface area contributed by atoms with Gasteiger partial charge >= 0.3 is 0 Å². The topological polar surface area (TPSA) is 77.1 Å². The maximum Gasteiger partial charge on any atom is 0.259 e. The van der Waals surface area contributed by atoms with Crippen molar-refractivity contribution in [1.29, 1.82) is 0 Å². The lowest BCUT2D eigenvalue weighted by atomic mass is 10.1. The summed E-state index contributed by atoms with van der Waals surface area (Å²) < 4.78 is 15.8. The number of nitrogens with one attached hydrogen (secondary N) is 1. The van der Waals surface area contributed by atoms with E-state index in [1.165, 1.54) is 14.2 Å². The number of ether oxygens (including phenoxy) is 3. The van der Waals surface area contributed by atoms with Gasteiger partial charge in [0.2, 0.25) is 0 Å². The van der Waals surface area contributed by atoms with Crippen molar-refractivity contribution in [3.63, 3.8) is 0 Å². The van der Waals surface area contributed by atoms with Crippen LogP contribution in [0.15, 0.2) is 42.5 Å². The largest absolute Gasteiger partial charge is 0.493 e. The number of hydrogen-bond acceptors (Lipinski definition) is 5. The molecule has 7 nitrogen and oxygen atoms in total. The number of rotatable bonds is 5. The van der Waals surface area contributed by atoms with Crippen LogP contribution in [0.2, 0.25) is 0 Å². The molecule has 1 N–H and O–H groups in total. The molecule has 0 saturated carbocycles. The van der Waals surface area contributed by atoms with E-state index in [9.17, 15) is 9.59 Å². The number of carbonyl (C=O) groups excluding carboxylic acids is 2. The Hall–Kier alpha value is -3.06. The van der Waals surface area contributed by atoms with Crippen LogP contribution in [0.3, 0.4) is 0 Å². The van der Waals surface area contributed by atoms with E-state index in [2.05, 4.69) is 5.32 Å². The van der Waals surface area contributed by atoms with Crippen molar-refractivity contribution in [2.75, 3.05) is 45.8 Å². The number of morpholine rings is 1. The van der Waals surface area contributed by atoms with Gasteiger partial charge in [0.1, 0.15) is 0 Å². The van der Waals surface area contributed by atoms with Crippen molar-refractivity contribution in [1.82, 2.24) is 4.90 Å². The Morgan fingerprint density at radius 3 is 2.33 bits per heavy atom. The van der Waals surface area contributed by atoms with Crippen LogP contribution in [0.4, 0.5) is 5.69 Å². The smallest absolute Gasteiger partial charge is 0.259 e. The number of nitrogens with zero attached hydrogens (tertiary/aromatic N) is 1. The summed E-state index contributed by atoms with van der Waals surface area (Å²) in [5, 5.41) is 2.81. The van der Waals surface area contributed by atoms with E-state index in [4.69, 9.17) is 14.2 Å². The predicted octanol–water partition coefficient (Wildman–Crippen LogP) is 2.43. The molecule has 0 aliphatic carbocycles. The summed E-state index contributed by atoms with van der Waals surface area (Å²) in [6, 6.07) is 11.9.